The van der Waals surface area contributed by atoms with Crippen LogP contribution in [0.25, 0.3) is 0 Å². The van der Waals surface area contributed by atoms with Gasteiger partial charge in [-0.15, -0.1) is 0 Å². The summed E-state index contributed by atoms with van der Waals surface area (Å²) in [5.74, 6) is 0. The Labute approximate surface area is 77.4 Å². The maximum atomic E-state index is 8.84. The molecule has 0 saturated carbocycles. The van der Waals surface area contributed by atoms with E-state index in [1.165, 1.54) is 0 Å². The van der Waals surface area contributed by atoms with Crippen LogP contribution in [0.5, 0.6) is 0 Å². The van der Waals surface area contributed by atoms with Crippen LogP contribution >= 0.6 is 0 Å². The summed E-state index contributed by atoms with van der Waals surface area (Å²) < 4.78 is 0. The molecule has 0 saturated heterocycles. The van der Waals surface area contributed by atoms with Crippen LogP contribution < -0.4 is 5.73 Å². The van der Waals surface area contributed by atoms with Gasteiger partial charge in [0.1, 0.15) is 0 Å². The summed E-state index contributed by atoms with van der Waals surface area (Å²) in [4.78, 5) is 0. The molecule has 0 amide bonds. The van der Waals surface area contributed by atoms with Gasteiger partial charge in [-0.2, -0.15) is 5.26 Å². The van der Waals surface area contributed by atoms with Crippen LogP contribution in [0.15, 0.2) is 18.2 Å². The lowest BCUT2D eigenvalue weighted by molar-refractivity contribution is 0.268. The minimum absolute atomic E-state index is 0.141. The lowest BCUT2D eigenvalue weighted by Crippen LogP contribution is -2.15. The van der Waals surface area contributed by atoms with Crippen molar-refractivity contribution in [3.05, 3.63) is 34.9 Å². The van der Waals surface area contributed by atoms with Crippen LogP contribution in [0.4, 0.5) is 0 Å². The molecule has 13 heavy (non-hydrogen) atoms. The average Bonchev–Trinajstić information content (AvgIpc) is 2.16. The predicted octanol–water partition coefficient (Wildman–Crippen LogP) is 0.859. The second kappa shape index (κ2) is 4.04. The first-order valence-corrected chi connectivity index (χ1v) is 4.06. The van der Waals surface area contributed by atoms with Crippen LogP contribution in [-0.2, 0) is 0 Å². The molecule has 3 heteroatoms. The summed E-state index contributed by atoms with van der Waals surface area (Å²) in [6, 6.07) is 7.03. The summed E-state index contributed by atoms with van der Waals surface area (Å²) in [7, 11) is 0. The molecule has 0 aliphatic carbocycles. The Kier molecular flexibility index (Phi) is 3.02. The number of nitriles is 1. The van der Waals surface area contributed by atoms with Crippen molar-refractivity contribution < 1.29 is 5.11 Å². The zero-order chi connectivity index (χ0) is 9.84. The van der Waals surface area contributed by atoms with Gasteiger partial charge in [0.15, 0.2) is 0 Å². The summed E-state index contributed by atoms with van der Waals surface area (Å²) >= 11 is 0. The van der Waals surface area contributed by atoms with Crippen molar-refractivity contribution >= 4 is 0 Å². The van der Waals surface area contributed by atoms with Crippen LogP contribution in [0.2, 0.25) is 0 Å². The zero-order valence-electron chi connectivity index (χ0n) is 7.49. The monoisotopic (exact) mass is 176 g/mol. The molecule has 1 atom stereocenters. The van der Waals surface area contributed by atoms with E-state index >= 15 is 0 Å². The molecule has 0 heterocycles. The minimum atomic E-state index is -0.463. The Bertz CT molecular complexity index is 341. The van der Waals surface area contributed by atoms with Crippen molar-refractivity contribution in [2.75, 3.05) is 6.61 Å². The minimum Gasteiger partial charge on any atom is -0.394 e. The third-order valence-electron chi connectivity index (χ3n) is 1.93. The van der Waals surface area contributed by atoms with Gasteiger partial charge in [0.2, 0.25) is 0 Å². The fraction of sp³-hybridized carbons (Fsp3) is 0.300. The number of benzene rings is 1. The molecule has 0 bridgehead atoms. The fourth-order valence-electron chi connectivity index (χ4n) is 1.19. The van der Waals surface area contributed by atoms with Crippen LogP contribution in [0.3, 0.4) is 0 Å². The molecule has 1 rings (SSSR count). The van der Waals surface area contributed by atoms with Crippen LogP contribution in [0, 0.1) is 18.3 Å². The van der Waals surface area contributed by atoms with Crippen molar-refractivity contribution in [2.24, 2.45) is 5.73 Å². The van der Waals surface area contributed by atoms with E-state index in [1.807, 2.05) is 13.0 Å². The quantitative estimate of drug-likeness (QED) is 0.702. The average molecular weight is 176 g/mol. The molecule has 0 aromatic heterocycles. The van der Waals surface area contributed by atoms with Gasteiger partial charge in [-0.3, -0.25) is 0 Å². The second-order valence-electron chi connectivity index (χ2n) is 2.99. The fourth-order valence-corrected chi connectivity index (χ4v) is 1.19. The predicted molar refractivity (Wildman–Crippen MR) is 49.9 cm³/mol. The molecule has 0 fully saturated rings. The van der Waals surface area contributed by atoms with Gasteiger partial charge in [-0.1, -0.05) is 12.1 Å². The summed E-state index contributed by atoms with van der Waals surface area (Å²) in [5, 5.41) is 17.6. The van der Waals surface area contributed by atoms with E-state index in [4.69, 9.17) is 16.1 Å². The number of hydrogen-bond acceptors (Lipinski definition) is 3. The molecule has 1 aromatic carbocycles. The van der Waals surface area contributed by atoms with Gasteiger partial charge in [-0.25, -0.2) is 0 Å². The number of hydrogen-bond donors (Lipinski definition) is 2. The number of nitrogens with two attached hydrogens (primary N) is 1. The number of aliphatic hydroxyl groups excluding tert-OH is 1. The number of rotatable bonds is 2. The van der Waals surface area contributed by atoms with Gasteiger partial charge >= 0.3 is 0 Å². The molecule has 3 N–H and O–H groups in total. The lowest BCUT2D eigenvalue weighted by atomic mass is 10.00. The highest BCUT2D eigenvalue weighted by atomic mass is 16.3. The smallest absolute Gasteiger partial charge is 0.0995 e. The largest absolute Gasteiger partial charge is 0.394 e. The highest BCUT2D eigenvalue weighted by molar-refractivity contribution is 5.42. The third kappa shape index (κ3) is 2.05. The SMILES string of the molecule is Cc1ccc(C(N)CO)c(C#N)c1. The standard InChI is InChI=1S/C10H12N2O/c1-7-2-3-9(10(12)6-13)8(4-7)5-11/h2-4,10,13H,6,12H2,1H3. The Morgan fingerprint density at radius 3 is 2.85 bits per heavy atom. The molecule has 0 spiro atoms. The maximum Gasteiger partial charge on any atom is 0.0995 e. The maximum absolute atomic E-state index is 8.84. The van der Waals surface area contributed by atoms with Crippen LogP contribution in [-0.4, -0.2) is 11.7 Å². The molecule has 0 aliphatic heterocycles. The van der Waals surface area contributed by atoms with Crippen molar-refractivity contribution in [2.45, 2.75) is 13.0 Å². The van der Waals surface area contributed by atoms with Gasteiger partial charge in [0, 0.05) is 0 Å². The molecule has 1 aromatic rings. The topological polar surface area (TPSA) is 70.0 Å². The Morgan fingerprint density at radius 2 is 2.31 bits per heavy atom. The Balaban J connectivity index is 3.15. The summed E-state index contributed by atoms with van der Waals surface area (Å²) in [5.41, 5.74) is 7.89. The first-order chi connectivity index (χ1) is 6.19. The highest BCUT2D eigenvalue weighted by Gasteiger charge is 2.09. The third-order valence-corrected chi connectivity index (χ3v) is 1.93. The van der Waals surface area contributed by atoms with E-state index in [9.17, 15) is 0 Å². The first kappa shape index (κ1) is 9.72. The second-order valence-corrected chi connectivity index (χ2v) is 2.99. The molecular weight excluding hydrogens is 164 g/mol. The summed E-state index contributed by atoms with van der Waals surface area (Å²) in [6.07, 6.45) is 0. The number of nitrogens with zero attached hydrogens (tertiary/aromatic N) is 1. The van der Waals surface area contributed by atoms with Gasteiger partial charge in [0.25, 0.3) is 0 Å². The van der Waals surface area contributed by atoms with Crippen molar-refractivity contribution in [3.63, 3.8) is 0 Å². The number of aryl methyl sites for hydroxylation is 1. The summed E-state index contributed by atoms with van der Waals surface area (Å²) in [6.45, 7) is 1.77. The van der Waals surface area contributed by atoms with Gasteiger partial charge in [0.05, 0.1) is 24.3 Å². The lowest BCUT2D eigenvalue weighted by Gasteiger charge is -2.10. The van der Waals surface area contributed by atoms with Gasteiger partial charge < -0.3 is 10.8 Å². The van der Waals surface area contributed by atoms with Crippen LogP contribution in [0.1, 0.15) is 22.7 Å². The Hall–Kier alpha value is -1.37. The molecule has 68 valence electrons. The van der Waals surface area contributed by atoms with Crippen molar-refractivity contribution in [1.82, 2.24) is 0 Å². The van der Waals surface area contributed by atoms with E-state index in [2.05, 4.69) is 6.07 Å². The van der Waals surface area contributed by atoms with Crippen molar-refractivity contribution in [1.29, 1.82) is 5.26 Å². The van der Waals surface area contributed by atoms with E-state index in [0.29, 0.717) is 11.1 Å². The molecular formula is C10H12N2O. The first-order valence-electron chi connectivity index (χ1n) is 4.06. The normalized spacial score (nSPS) is 12.2. The Morgan fingerprint density at radius 1 is 1.62 bits per heavy atom. The van der Waals surface area contributed by atoms with E-state index in [-0.39, 0.29) is 6.61 Å². The molecule has 1 unspecified atom stereocenters. The highest BCUT2D eigenvalue weighted by Crippen LogP contribution is 2.16. The van der Waals surface area contributed by atoms with Crippen molar-refractivity contribution in [3.8, 4) is 6.07 Å². The zero-order valence-corrected chi connectivity index (χ0v) is 7.49. The van der Waals surface area contributed by atoms with E-state index < -0.39 is 6.04 Å². The van der Waals surface area contributed by atoms with E-state index in [0.717, 1.165) is 5.56 Å². The van der Waals surface area contributed by atoms with E-state index in [1.54, 1.807) is 12.1 Å². The number of aliphatic hydroxyl groups is 1. The van der Waals surface area contributed by atoms with Gasteiger partial charge in [-0.05, 0) is 24.1 Å². The molecule has 3 nitrogen and oxygen atoms in total. The molecule has 0 radical (unpaired) electrons. The molecule has 0 aliphatic rings.